The summed E-state index contributed by atoms with van der Waals surface area (Å²) in [5.74, 6) is 2.75. The number of hydrogen-bond donors (Lipinski definition) is 2. The fourth-order valence-electron chi connectivity index (χ4n) is 8.69. The zero-order chi connectivity index (χ0) is 18.0. The summed E-state index contributed by atoms with van der Waals surface area (Å²) in [5.41, 5.74) is -0.554. The van der Waals surface area contributed by atoms with Crippen LogP contribution in [0.5, 0.6) is 0 Å². The minimum Gasteiger partial charge on any atom is -0.396 e. The fraction of sp³-hybridized carbons (Fsp3) is 1.00. The average Bonchev–Trinajstić information content (AvgIpc) is 2.87. The number of aliphatic hydroxyl groups is 2. The minimum atomic E-state index is -0.503. The Hall–Kier alpha value is -0.120. The second-order valence-corrected chi connectivity index (χ2v) is 9.90. The van der Waals surface area contributed by atoms with E-state index in [0.717, 1.165) is 19.3 Å². The van der Waals surface area contributed by atoms with Gasteiger partial charge in [-0.05, 0) is 76.0 Å². The van der Waals surface area contributed by atoms with Crippen LogP contribution in [0.1, 0.15) is 79.1 Å². The first-order valence-corrected chi connectivity index (χ1v) is 11.1. The van der Waals surface area contributed by atoms with Gasteiger partial charge in [-0.15, -0.1) is 0 Å². The highest BCUT2D eigenvalue weighted by molar-refractivity contribution is 5.31. The highest BCUT2D eigenvalue weighted by Crippen LogP contribution is 2.71. The molecule has 2 heterocycles. The van der Waals surface area contributed by atoms with Crippen LogP contribution < -0.4 is 0 Å². The van der Waals surface area contributed by atoms with Crippen molar-refractivity contribution in [2.45, 2.75) is 102 Å². The molecule has 0 aromatic heterocycles. The molecule has 0 spiro atoms. The number of rotatable bonds is 5. The van der Waals surface area contributed by atoms with Crippen molar-refractivity contribution in [3.05, 3.63) is 0 Å². The van der Waals surface area contributed by atoms with E-state index in [1.807, 2.05) is 0 Å². The SMILES string of the molecule is CCC1C2CC3CC1(O)C(CC)(C3C1CCCCC1CO)N2C(C)C. The molecule has 2 saturated heterocycles. The van der Waals surface area contributed by atoms with E-state index >= 15 is 0 Å². The Kier molecular flexibility index (Phi) is 4.53. The monoisotopic (exact) mass is 349 g/mol. The Morgan fingerprint density at radius 2 is 1.88 bits per heavy atom. The second-order valence-electron chi connectivity index (χ2n) is 9.90. The topological polar surface area (TPSA) is 43.7 Å². The van der Waals surface area contributed by atoms with Crippen LogP contribution in [0.4, 0.5) is 0 Å². The Morgan fingerprint density at radius 3 is 2.48 bits per heavy atom. The third-order valence-electron chi connectivity index (χ3n) is 9.02. The Labute approximate surface area is 154 Å². The van der Waals surface area contributed by atoms with Crippen LogP contribution in [0.2, 0.25) is 0 Å². The molecule has 144 valence electrons. The van der Waals surface area contributed by atoms with Crippen LogP contribution in [0.25, 0.3) is 0 Å². The maximum Gasteiger partial charge on any atom is 0.0879 e. The van der Waals surface area contributed by atoms with E-state index in [9.17, 15) is 10.2 Å². The lowest BCUT2D eigenvalue weighted by atomic mass is 9.61. The zero-order valence-corrected chi connectivity index (χ0v) is 16.7. The molecule has 0 aromatic carbocycles. The second kappa shape index (κ2) is 6.21. The highest BCUT2D eigenvalue weighted by Gasteiger charge is 2.78. The predicted molar refractivity (Wildman–Crippen MR) is 101 cm³/mol. The summed E-state index contributed by atoms with van der Waals surface area (Å²) in [7, 11) is 0. The molecule has 0 amide bonds. The lowest BCUT2D eigenvalue weighted by Gasteiger charge is -2.56. The first-order chi connectivity index (χ1) is 12.0. The van der Waals surface area contributed by atoms with Crippen molar-refractivity contribution in [2.24, 2.45) is 29.6 Å². The first kappa shape index (κ1) is 18.3. The van der Waals surface area contributed by atoms with E-state index in [0.29, 0.717) is 48.3 Å². The van der Waals surface area contributed by atoms with Gasteiger partial charge in [-0.3, -0.25) is 4.90 Å². The van der Waals surface area contributed by atoms with E-state index in [1.165, 1.54) is 32.1 Å². The van der Waals surface area contributed by atoms with Crippen molar-refractivity contribution in [1.29, 1.82) is 0 Å². The van der Waals surface area contributed by atoms with Gasteiger partial charge in [-0.2, -0.15) is 0 Å². The number of piperidine rings is 1. The van der Waals surface area contributed by atoms with E-state index in [4.69, 9.17) is 0 Å². The quantitative estimate of drug-likeness (QED) is 0.793. The van der Waals surface area contributed by atoms with Gasteiger partial charge in [0.2, 0.25) is 0 Å². The largest absolute Gasteiger partial charge is 0.396 e. The summed E-state index contributed by atoms with van der Waals surface area (Å²) in [5, 5.41) is 22.2. The van der Waals surface area contributed by atoms with Gasteiger partial charge < -0.3 is 10.2 Å². The fourth-order valence-corrected chi connectivity index (χ4v) is 8.69. The summed E-state index contributed by atoms with van der Waals surface area (Å²) >= 11 is 0. The van der Waals surface area contributed by atoms with E-state index < -0.39 is 5.60 Å². The molecule has 3 saturated carbocycles. The van der Waals surface area contributed by atoms with Gasteiger partial charge in [0, 0.05) is 24.6 Å². The van der Waals surface area contributed by atoms with Gasteiger partial charge >= 0.3 is 0 Å². The molecule has 2 aliphatic heterocycles. The Morgan fingerprint density at radius 1 is 1.16 bits per heavy atom. The molecule has 3 aliphatic carbocycles. The third kappa shape index (κ3) is 2.09. The van der Waals surface area contributed by atoms with E-state index in [1.54, 1.807) is 0 Å². The minimum absolute atomic E-state index is 0.0507. The Balaban J connectivity index is 1.81. The van der Waals surface area contributed by atoms with Crippen molar-refractivity contribution in [2.75, 3.05) is 6.61 Å². The number of aliphatic hydroxyl groups excluding tert-OH is 1. The van der Waals surface area contributed by atoms with E-state index in [2.05, 4.69) is 32.6 Å². The lowest BCUT2D eigenvalue weighted by molar-refractivity contribution is -0.114. The zero-order valence-electron chi connectivity index (χ0n) is 16.7. The van der Waals surface area contributed by atoms with Crippen molar-refractivity contribution in [3.8, 4) is 0 Å². The lowest BCUT2D eigenvalue weighted by Crippen LogP contribution is -2.64. The molecular weight excluding hydrogens is 310 g/mol. The molecule has 4 bridgehead atoms. The standard InChI is InChI=1S/C22H39NO2/c1-5-18-19-11-16-12-22(18,25)21(6-2,23(19)14(3)4)20(16)17-10-8-7-9-15(17)13-24/h14-20,24-25H,5-13H2,1-4H3. The maximum atomic E-state index is 12.1. The van der Waals surface area contributed by atoms with Crippen molar-refractivity contribution < 1.29 is 10.2 Å². The summed E-state index contributed by atoms with van der Waals surface area (Å²) < 4.78 is 0. The molecular formula is C22H39NO2. The van der Waals surface area contributed by atoms with Crippen molar-refractivity contribution in [3.63, 3.8) is 0 Å². The molecule has 5 rings (SSSR count). The molecule has 0 radical (unpaired) electrons. The molecule has 5 aliphatic rings. The van der Waals surface area contributed by atoms with Gasteiger partial charge in [0.1, 0.15) is 0 Å². The van der Waals surface area contributed by atoms with Crippen molar-refractivity contribution in [1.82, 2.24) is 4.90 Å². The number of nitrogens with zero attached hydrogens (tertiary/aromatic N) is 1. The summed E-state index contributed by atoms with van der Waals surface area (Å²) in [6.07, 6.45) is 9.48. The van der Waals surface area contributed by atoms with Crippen molar-refractivity contribution >= 4 is 0 Å². The van der Waals surface area contributed by atoms with Gasteiger partial charge in [0.05, 0.1) is 11.1 Å². The molecule has 8 unspecified atom stereocenters. The number of hydrogen-bond acceptors (Lipinski definition) is 3. The van der Waals surface area contributed by atoms with Crippen LogP contribution in [0.15, 0.2) is 0 Å². The molecule has 8 atom stereocenters. The van der Waals surface area contributed by atoms with Crippen LogP contribution in [-0.4, -0.2) is 44.9 Å². The van der Waals surface area contributed by atoms with Crippen LogP contribution in [0, 0.1) is 29.6 Å². The van der Waals surface area contributed by atoms with Gasteiger partial charge in [0.25, 0.3) is 0 Å². The molecule has 0 aromatic rings. The molecule has 25 heavy (non-hydrogen) atoms. The first-order valence-electron chi connectivity index (χ1n) is 11.1. The molecule has 3 nitrogen and oxygen atoms in total. The van der Waals surface area contributed by atoms with Crippen LogP contribution in [-0.2, 0) is 0 Å². The van der Waals surface area contributed by atoms with Gasteiger partial charge in [-0.1, -0.05) is 26.7 Å². The summed E-state index contributed by atoms with van der Waals surface area (Å²) in [4.78, 5) is 2.78. The van der Waals surface area contributed by atoms with E-state index in [-0.39, 0.29) is 5.54 Å². The molecule has 2 N–H and O–H groups in total. The average molecular weight is 350 g/mol. The molecule has 3 heteroatoms. The normalized spacial score (nSPS) is 52.4. The maximum absolute atomic E-state index is 12.1. The Bertz CT molecular complexity index is 508. The molecule has 5 fully saturated rings. The highest BCUT2D eigenvalue weighted by atomic mass is 16.3. The summed E-state index contributed by atoms with van der Waals surface area (Å²) in [6, 6.07) is 1.06. The van der Waals surface area contributed by atoms with Crippen LogP contribution in [0.3, 0.4) is 0 Å². The predicted octanol–water partition coefficient (Wildman–Crippen LogP) is 3.82. The third-order valence-corrected chi connectivity index (χ3v) is 9.02. The van der Waals surface area contributed by atoms with Gasteiger partial charge in [-0.25, -0.2) is 0 Å². The summed E-state index contributed by atoms with van der Waals surface area (Å²) in [6.45, 7) is 9.62. The van der Waals surface area contributed by atoms with Gasteiger partial charge in [0.15, 0.2) is 0 Å². The smallest absolute Gasteiger partial charge is 0.0879 e. The van der Waals surface area contributed by atoms with Crippen LogP contribution >= 0.6 is 0 Å².